The SMILES string of the molecule is O=c1[nH]cnc2ccc(Sc3cnc(N4CCC5(CC4)Cc4ccccc4C5)cn3)c(Cl)c12. The van der Waals surface area contributed by atoms with E-state index < -0.39 is 0 Å². The molecule has 0 radical (unpaired) electrons. The summed E-state index contributed by atoms with van der Waals surface area (Å²) in [6, 6.07) is 12.5. The molecule has 6 nitrogen and oxygen atoms in total. The van der Waals surface area contributed by atoms with Crippen LogP contribution in [0.2, 0.25) is 5.02 Å². The highest BCUT2D eigenvalue weighted by Crippen LogP contribution is 2.45. The molecule has 1 spiro atoms. The van der Waals surface area contributed by atoms with Gasteiger partial charge in [0.15, 0.2) is 0 Å². The van der Waals surface area contributed by atoms with Crippen molar-refractivity contribution in [2.24, 2.45) is 5.41 Å². The number of halogens is 1. The maximum atomic E-state index is 12.2. The van der Waals surface area contributed by atoms with Crippen molar-refractivity contribution in [2.75, 3.05) is 18.0 Å². The predicted octanol–water partition coefficient (Wildman–Crippen LogP) is 4.90. The molecule has 2 aromatic carbocycles. The Morgan fingerprint density at radius 2 is 1.73 bits per heavy atom. The second-order valence-corrected chi connectivity index (χ2v) is 10.4. The summed E-state index contributed by atoms with van der Waals surface area (Å²) in [6.45, 7) is 2.00. The van der Waals surface area contributed by atoms with Crippen LogP contribution in [0.1, 0.15) is 24.0 Å². The second-order valence-electron chi connectivity index (χ2n) is 8.93. The van der Waals surface area contributed by atoms with Gasteiger partial charge in [0, 0.05) is 18.0 Å². The van der Waals surface area contributed by atoms with Crippen molar-refractivity contribution in [3.63, 3.8) is 0 Å². The number of hydrogen-bond acceptors (Lipinski definition) is 6. The van der Waals surface area contributed by atoms with Gasteiger partial charge in [-0.2, -0.15) is 0 Å². The van der Waals surface area contributed by atoms with Crippen molar-refractivity contribution >= 4 is 40.1 Å². The first-order valence-electron chi connectivity index (χ1n) is 11.1. The quantitative estimate of drug-likeness (QED) is 0.454. The lowest BCUT2D eigenvalue weighted by atomic mass is 9.76. The Kier molecular flexibility index (Phi) is 5.11. The van der Waals surface area contributed by atoms with Crippen LogP contribution >= 0.6 is 23.4 Å². The first-order chi connectivity index (χ1) is 16.1. The molecule has 2 aliphatic rings. The molecular formula is C25H22ClN5OS. The van der Waals surface area contributed by atoms with Crippen molar-refractivity contribution in [3.05, 3.63) is 81.6 Å². The van der Waals surface area contributed by atoms with Gasteiger partial charge in [-0.1, -0.05) is 47.6 Å². The van der Waals surface area contributed by atoms with Gasteiger partial charge in [-0.05, 0) is 54.4 Å². The van der Waals surface area contributed by atoms with Gasteiger partial charge in [0.1, 0.15) is 10.8 Å². The molecule has 1 aliphatic heterocycles. The van der Waals surface area contributed by atoms with Gasteiger partial charge in [-0.25, -0.2) is 15.0 Å². The normalized spacial score (nSPS) is 16.9. The average Bonchev–Trinajstić information content (AvgIpc) is 3.19. The molecule has 0 atom stereocenters. The van der Waals surface area contributed by atoms with Crippen molar-refractivity contribution in [1.82, 2.24) is 19.9 Å². The standard InChI is InChI=1S/C25H22ClN5OS/c26-23-19(6-5-18-22(23)24(32)30-15-29-18)33-21-14-27-20(13-28-21)31-9-7-25(8-10-31)11-16-3-1-2-4-17(16)12-25/h1-6,13-15H,7-12H2,(H,29,30,32). The fourth-order valence-electron chi connectivity index (χ4n) is 5.16. The van der Waals surface area contributed by atoms with Crippen LogP contribution in [-0.2, 0) is 12.8 Å². The van der Waals surface area contributed by atoms with Gasteiger partial charge in [0.25, 0.3) is 5.56 Å². The summed E-state index contributed by atoms with van der Waals surface area (Å²) in [5.41, 5.74) is 3.78. The van der Waals surface area contributed by atoms with Crippen molar-refractivity contribution in [2.45, 2.75) is 35.6 Å². The fourth-order valence-corrected chi connectivity index (χ4v) is 6.28. The average molecular weight is 476 g/mol. The number of nitrogens with zero attached hydrogens (tertiary/aromatic N) is 4. The number of hydrogen-bond donors (Lipinski definition) is 1. The second kappa shape index (κ2) is 8.15. The minimum Gasteiger partial charge on any atom is -0.355 e. The van der Waals surface area contributed by atoms with Crippen molar-refractivity contribution in [3.8, 4) is 0 Å². The number of nitrogens with one attached hydrogen (secondary N) is 1. The molecule has 1 saturated heterocycles. The molecule has 6 rings (SSSR count). The van der Waals surface area contributed by atoms with Crippen LogP contribution in [0.4, 0.5) is 5.82 Å². The van der Waals surface area contributed by atoms with Crippen molar-refractivity contribution < 1.29 is 0 Å². The third-order valence-corrected chi connectivity index (χ3v) is 8.42. The lowest BCUT2D eigenvalue weighted by Crippen LogP contribution is -2.41. The molecule has 0 bridgehead atoms. The molecule has 166 valence electrons. The van der Waals surface area contributed by atoms with Crippen LogP contribution in [0, 0.1) is 5.41 Å². The number of rotatable bonds is 3. The molecule has 2 aromatic heterocycles. The molecule has 0 saturated carbocycles. The van der Waals surface area contributed by atoms with Gasteiger partial charge in [0.05, 0.1) is 34.6 Å². The zero-order chi connectivity index (χ0) is 22.4. The Labute approximate surface area is 200 Å². The maximum absolute atomic E-state index is 12.2. The van der Waals surface area contributed by atoms with E-state index >= 15 is 0 Å². The Morgan fingerprint density at radius 1 is 0.970 bits per heavy atom. The minimum absolute atomic E-state index is 0.248. The summed E-state index contributed by atoms with van der Waals surface area (Å²) in [7, 11) is 0. The molecule has 33 heavy (non-hydrogen) atoms. The Bertz CT molecular complexity index is 1370. The topological polar surface area (TPSA) is 74.8 Å². The van der Waals surface area contributed by atoms with E-state index in [4.69, 9.17) is 11.6 Å². The zero-order valence-corrected chi connectivity index (χ0v) is 19.5. The van der Waals surface area contributed by atoms with Crippen LogP contribution in [-0.4, -0.2) is 33.0 Å². The zero-order valence-electron chi connectivity index (χ0n) is 17.9. The number of fused-ring (bicyclic) bond motifs is 2. The molecule has 1 aliphatic carbocycles. The number of aromatic nitrogens is 4. The highest BCUT2D eigenvalue weighted by molar-refractivity contribution is 7.99. The number of piperidine rings is 1. The van der Waals surface area contributed by atoms with Crippen LogP contribution in [0.5, 0.6) is 0 Å². The van der Waals surface area contributed by atoms with Crippen LogP contribution in [0.15, 0.2) is 69.8 Å². The van der Waals surface area contributed by atoms with Gasteiger partial charge >= 0.3 is 0 Å². The first-order valence-corrected chi connectivity index (χ1v) is 12.3. The maximum Gasteiger partial charge on any atom is 0.260 e. The van der Waals surface area contributed by atoms with Crippen molar-refractivity contribution in [1.29, 1.82) is 0 Å². The van der Waals surface area contributed by atoms with Crippen LogP contribution in [0.3, 0.4) is 0 Å². The highest BCUT2D eigenvalue weighted by Gasteiger charge is 2.39. The largest absolute Gasteiger partial charge is 0.355 e. The minimum atomic E-state index is -0.248. The van der Waals surface area contributed by atoms with Gasteiger partial charge < -0.3 is 9.88 Å². The van der Waals surface area contributed by atoms with Gasteiger partial charge in [0.2, 0.25) is 0 Å². The Hall–Kier alpha value is -2.90. The third kappa shape index (κ3) is 3.79. The summed E-state index contributed by atoms with van der Waals surface area (Å²) in [6.07, 6.45) is 9.75. The van der Waals surface area contributed by atoms with Gasteiger partial charge in [-0.15, -0.1) is 0 Å². The first kappa shape index (κ1) is 20.7. The lowest BCUT2D eigenvalue weighted by molar-refractivity contribution is 0.232. The smallest absolute Gasteiger partial charge is 0.260 e. The number of aromatic amines is 1. The Morgan fingerprint density at radius 3 is 2.42 bits per heavy atom. The van der Waals surface area contributed by atoms with E-state index in [-0.39, 0.29) is 5.56 Å². The molecule has 0 unspecified atom stereocenters. The van der Waals surface area contributed by atoms with E-state index in [2.05, 4.69) is 49.1 Å². The van der Waals surface area contributed by atoms with E-state index in [0.717, 1.165) is 28.8 Å². The predicted molar refractivity (Wildman–Crippen MR) is 131 cm³/mol. The lowest BCUT2D eigenvalue weighted by Gasteiger charge is -2.39. The molecule has 1 fully saturated rings. The van der Waals surface area contributed by atoms with E-state index in [0.29, 0.717) is 21.3 Å². The molecule has 3 heterocycles. The third-order valence-electron chi connectivity index (χ3n) is 6.94. The molecular weight excluding hydrogens is 454 g/mol. The number of H-pyrrole nitrogens is 1. The summed E-state index contributed by atoms with van der Waals surface area (Å²) < 4.78 is 0. The summed E-state index contributed by atoms with van der Waals surface area (Å²) >= 11 is 7.90. The highest BCUT2D eigenvalue weighted by atomic mass is 35.5. The van der Waals surface area contributed by atoms with Crippen LogP contribution < -0.4 is 10.5 Å². The molecule has 4 aromatic rings. The fraction of sp³-hybridized carbons (Fsp3) is 0.280. The number of anilines is 1. The van der Waals surface area contributed by atoms with Crippen LogP contribution in [0.25, 0.3) is 10.9 Å². The van der Waals surface area contributed by atoms with E-state index in [1.54, 1.807) is 12.3 Å². The summed E-state index contributed by atoms with van der Waals surface area (Å²) in [5, 5.41) is 1.52. The van der Waals surface area contributed by atoms with E-state index in [9.17, 15) is 4.79 Å². The van der Waals surface area contributed by atoms with Gasteiger partial charge in [-0.3, -0.25) is 4.79 Å². The summed E-state index contributed by atoms with van der Waals surface area (Å²) in [5.74, 6) is 0.912. The summed E-state index contributed by atoms with van der Waals surface area (Å²) in [4.78, 5) is 31.3. The monoisotopic (exact) mass is 475 g/mol. The van der Waals surface area contributed by atoms with E-state index in [1.807, 2.05) is 12.3 Å². The number of benzene rings is 2. The molecule has 1 N–H and O–H groups in total. The molecule has 8 heteroatoms. The van der Waals surface area contributed by atoms with E-state index in [1.165, 1.54) is 54.9 Å². The Balaban J connectivity index is 1.15. The molecule has 0 amide bonds.